The molecule has 0 aromatic heterocycles. The van der Waals surface area contributed by atoms with Crippen molar-refractivity contribution in [2.24, 2.45) is 0 Å². The molecule has 1 fully saturated rings. The Hall–Kier alpha value is -0.170. The van der Waals surface area contributed by atoms with E-state index in [1.165, 1.54) is 6.26 Å². The maximum Gasteiger partial charge on any atom is 0.153 e. The Bertz CT molecular complexity index is 346. The molecule has 0 saturated carbocycles. The van der Waals surface area contributed by atoms with Crippen LogP contribution in [0.3, 0.4) is 0 Å². The lowest BCUT2D eigenvalue weighted by Crippen LogP contribution is -2.48. The molecular formula is C12H27N3O2S. The van der Waals surface area contributed by atoms with E-state index in [-0.39, 0.29) is 0 Å². The average Bonchev–Trinajstić information content (AvgIpc) is 2.25. The van der Waals surface area contributed by atoms with Gasteiger partial charge in [-0.15, -0.1) is 0 Å². The first kappa shape index (κ1) is 15.9. The normalized spacial score (nSPS) is 20.2. The molecule has 0 aromatic rings. The Morgan fingerprint density at radius 1 is 1.17 bits per heavy atom. The van der Waals surface area contributed by atoms with Gasteiger partial charge in [0.15, 0.2) is 9.84 Å². The second kappa shape index (κ2) is 6.32. The van der Waals surface area contributed by atoms with Crippen LogP contribution in [0.15, 0.2) is 0 Å². The smallest absolute Gasteiger partial charge is 0.153 e. The largest absolute Gasteiger partial charge is 0.314 e. The van der Waals surface area contributed by atoms with Crippen LogP contribution in [0.1, 0.15) is 13.8 Å². The fourth-order valence-electron chi connectivity index (χ4n) is 1.83. The molecule has 0 unspecified atom stereocenters. The third kappa shape index (κ3) is 4.84. The number of hydrogen-bond acceptors (Lipinski definition) is 5. The first-order valence-electron chi connectivity index (χ1n) is 6.53. The Kier molecular flexibility index (Phi) is 5.58. The van der Waals surface area contributed by atoms with Crippen LogP contribution in [-0.2, 0) is 9.84 Å². The monoisotopic (exact) mass is 277 g/mol. The van der Waals surface area contributed by atoms with E-state index in [1.807, 2.05) is 0 Å². The molecule has 0 aromatic carbocycles. The predicted octanol–water partition coefficient (Wildman–Crippen LogP) is -0.353. The van der Waals surface area contributed by atoms with E-state index in [2.05, 4.69) is 22.2 Å². The van der Waals surface area contributed by atoms with Crippen molar-refractivity contribution >= 4 is 9.84 Å². The van der Waals surface area contributed by atoms with Crippen molar-refractivity contribution in [1.29, 1.82) is 0 Å². The minimum atomic E-state index is -3.00. The summed E-state index contributed by atoms with van der Waals surface area (Å²) < 4.78 is 22.4. The van der Waals surface area contributed by atoms with E-state index in [0.29, 0.717) is 6.54 Å². The van der Waals surface area contributed by atoms with Crippen molar-refractivity contribution in [3.05, 3.63) is 0 Å². The summed E-state index contributed by atoms with van der Waals surface area (Å²) in [6, 6.07) is 0. The fraction of sp³-hybridized carbons (Fsp3) is 1.00. The molecule has 1 N–H and O–H groups in total. The highest BCUT2D eigenvalue weighted by molar-refractivity contribution is 7.92. The number of likely N-dealkylation sites (N-methyl/N-ethyl adjacent to an activating group) is 1. The minimum Gasteiger partial charge on any atom is -0.314 e. The van der Waals surface area contributed by atoms with Crippen molar-refractivity contribution in [3.8, 4) is 0 Å². The molecule has 1 aliphatic heterocycles. The molecule has 1 heterocycles. The lowest BCUT2D eigenvalue weighted by molar-refractivity contribution is 0.154. The van der Waals surface area contributed by atoms with Gasteiger partial charge in [-0.25, -0.2) is 8.42 Å². The highest BCUT2D eigenvalue weighted by atomic mass is 32.2. The van der Waals surface area contributed by atoms with Gasteiger partial charge in [-0.3, -0.25) is 4.90 Å². The Morgan fingerprint density at radius 3 is 2.22 bits per heavy atom. The van der Waals surface area contributed by atoms with Crippen molar-refractivity contribution < 1.29 is 8.42 Å². The number of piperazine rings is 1. The van der Waals surface area contributed by atoms with Gasteiger partial charge in [-0.1, -0.05) is 0 Å². The van der Waals surface area contributed by atoms with E-state index >= 15 is 0 Å². The SMILES string of the molecule is CN1CCN(CCNCC(C)(C)S(C)(=O)=O)CC1. The van der Waals surface area contributed by atoms with Crippen molar-refractivity contribution in [1.82, 2.24) is 15.1 Å². The molecule has 0 spiro atoms. The summed E-state index contributed by atoms with van der Waals surface area (Å²) >= 11 is 0. The summed E-state index contributed by atoms with van der Waals surface area (Å²) in [5.74, 6) is 0. The standard InChI is InChI=1S/C12H27N3O2S/c1-12(2,18(4,16)17)11-13-5-6-15-9-7-14(3)8-10-15/h13H,5-11H2,1-4H3. The van der Waals surface area contributed by atoms with Crippen molar-refractivity contribution in [2.45, 2.75) is 18.6 Å². The molecule has 6 heteroatoms. The zero-order valence-corrected chi connectivity index (χ0v) is 12.9. The molecule has 0 atom stereocenters. The first-order valence-corrected chi connectivity index (χ1v) is 8.43. The highest BCUT2D eigenvalue weighted by Crippen LogP contribution is 2.13. The third-order valence-corrected chi connectivity index (χ3v) is 5.91. The maximum atomic E-state index is 11.5. The van der Waals surface area contributed by atoms with Gasteiger partial charge in [0.1, 0.15) is 0 Å². The third-order valence-electron chi connectivity index (χ3n) is 3.76. The van der Waals surface area contributed by atoms with Crippen LogP contribution in [0.5, 0.6) is 0 Å². The van der Waals surface area contributed by atoms with Crippen LogP contribution >= 0.6 is 0 Å². The molecule has 18 heavy (non-hydrogen) atoms. The summed E-state index contributed by atoms with van der Waals surface area (Å²) in [7, 11) is -0.855. The van der Waals surface area contributed by atoms with Crippen LogP contribution in [0.2, 0.25) is 0 Å². The lowest BCUT2D eigenvalue weighted by atomic mass is 10.2. The van der Waals surface area contributed by atoms with Crippen LogP contribution in [0.4, 0.5) is 0 Å². The summed E-state index contributed by atoms with van der Waals surface area (Å²) in [6.45, 7) is 10.3. The molecule has 0 aliphatic carbocycles. The van der Waals surface area contributed by atoms with E-state index in [4.69, 9.17) is 0 Å². The number of hydrogen-bond donors (Lipinski definition) is 1. The quantitative estimate of drug-likeness (QED) is 0.673. The van der Waals surface area contributed by atoms with Gasteiger partial charge in [-0.2, -0.15) is 0 Å². The summed E-state index contributed by atoms with van der Waals surface area (Å²) in [5, 5.41) is 3.26. The van der Waals surface area contributed by atoms with Crippen LogP contribution in [0.25, 0.3) is 0 Å². The fourth-order valence-corrected chi connectivity index (χ4v) is 2.19. The molecule has 1 aliphatic rings. The molecule has 0 radical (unpaired) electrons. The molecule has 0 amide bonds. The topological polar surface area (TPSA) is 52.6 Å². The first-order chi connectivity index (χ1) is 8.22. The molecule has 5 nitrogen and oxygen atoms in total. The van der Waals surface area contributed by atoms with Gasteiger partial charge in [-0.05, 0) is 20.9 Å². The molecule has 108 valence electrons. The van der Waals surface area contributed by atoms with Crippen LogP contribution in [-0.4, -0.2) is 82.1 Å². The average molecular weight is 277 g/mol. The molecule has 1 rings (SSSR count). The predicted molar refractivity (Wildman–Crippen MR) is 75.7 cm³/mol. The van der Waals surface area contributed by atoms with E-state index in [1.54, 1.807) is 13.8 Å². The molecule has 0 bridgehead atoms. The second-order valence-electron chi connectivity index (χ2n) is 5.85. The van der Waals surface area contributed by atoms with E-state index in [0.717, 1.165) is 39.3 Å². The Labute approximate surface area is 111 Å². The molecule has 1 saturated heterocycles. The Morgan fingerprint density at radius 2 is 1.72 bits per heavy atom. The lowest BCUT2D eigenvalue weighted by Gasteiger charge is -2.32. The summed E-state index contributed by atoms with van der Waals surface area (Å²) in [6.07, 6.45) is 1.30. The number of nitrogens with zero attached hydrogens (tertiary/aromatic N) is 2. The second-order valence-corrected chi connectivity index (χ2v) is 8.50. The van der Waals surface area contributed by atoms with Gasteiger partial charge in [0.05, 0.1) is 4.75 Å². The van der Waals surface area contributed by atoms with Crippen molar-refractivity contribution in [2.75, 3.05) is 59.1 Å². The van der Waals surface area contributed by atoms with E-state index < -0.39 is 14.6 Å². The maximum absolute atomic E-state index is 11.5. The van der Waals surface area contributed by atoms with Crippen LogP contribution < -0.4 is 5.32 Å². The zero-order valence-electron chi connectivity index (χ0n) is 12.1. The zero-order chi connectivity index (χ0) is 13.8. The van der Waals surface area contributed by atoms with Crippen molar-refractivity contribution in [3.63, 3.8) is 0 Å². The van der Waals surface area contributed by atoms with Gasteiger partial charge in [0.25, 0.3) is 0 Å². The van der Waals surface area contributed by atoms with E-state index in [9.17, 15) is 8.42 Å². The number of sulfone groups is 1. The van der Waals surface area contributed by atoms with Gasteiger partial charge in [0.2, 0.25) is 0 Å². The highest BCUT2D eigenvalue weighted by Gasteiger charge is 2.29. The minimum absolute atomic E-state index is 0.513. The summed E-state index contributed by atoms with van der Waals surface area (Å²) in [4.78, 5) is 4.75. The van der Waals surface area contributed by atoms with Gasteiger partial charge in [0, 0.05) is 52.1 Å². The number of rotatable bonds is 6. The van der Waals surface area contributed by atoms with Gasteiger partial charge >= 0.3 is 0 Å². The number of nitrogens with one attached hydrogen (secondary N) is 1. The van der Waals surface area contributed by atoms with Crippen LogP contribution in [0, 0.1) is 0 Å². The van der Waals surface area contributed by atoms with Gasteiger partial charge < -0.3 is 10.2 Å². The Balaban J connectivity index is 2.19. The summed E-state index contributed by atoms with van der Waals surface area (Å²) in [5.41, 5.74) is 0. The molecular weight excluding hydrogens is 250 g/mol.